The summed E-state index contributed by atoms with van der Waals surface area (Å²) in [6.45, 7) is 0.555. The Morgan fingerprint density at radius 1 is 1.48 bits per heavy atom. The Morgan fingerprint density at radius 2 is 2.29 bits per heavy atom. The first kappa shape index (κ1) is 13.9. The highest BCUT2D eigenvalue weighted by atomic mass is 35.5. The van der Waals surface area contributed by atoms with Crippen LogP contribution in [0.1, 0.15) is 22.0 Å². The molecule has 1 aromatic carbocycles. The summed E-state index contributed by atoms with van der Waals surface area (Å²) in [5.41, 5.74) is 1.82. The van der Waals surface area contributed by atoms with Crippen LogP contribution < -0.4 is 4.90 Å². The number of carboxylic acid groups (broad SMARTS) is 1. The van der Waals surface area contributed by atoms with Gasteiger partial charge in [-0.1, -0.05) is 11.6 Å². The van der Waals surface area contributed by atoms with Crippen LogP contribution in [0, 0.1) is 11.3 Å². The first-order valence-corrected chi connectivity index (χ1v) is 7.63. The molecule has 0 bridgehead atoms. The van der Waals surface area contributed by atoms with Gasteiger partial charge in [0.2, 0.25) is 0 Å². The van der Waals surface area contributed by atoms with Gasteiger partial charge in [0, 0.05) is 16.4 Å². The zero-order valence-corrected chi connectivity index (χ0v) is 12.5. The highest BCUT2D eigenvalue weighted by Crippen LogP contribution is 2.38. The van der Waals surface area contributed by atoms with E-state index in [1.807, 2.05) is 11.4 Å². The van der Waals surface area contributed by atoms with Gasteiger partial charge in [-0.25, -0.2) is 4.79 Å². The summed E-state index contributed by atoms with van der Waals surface area (Å²) in [4.78, 5) is 14.6. The summed E-state index contributed by atoms with van der Waals surface area (Å²) in [5.74, 6) is -0.918. The van der Waals surface area contributed by atoms with Crippen molar-refractivity contribution in [2.24, 2.45) is 0 Å². The molecule has 4 nitrogen and oxygen atoms in total. The number of hydrogen-bond donors (Lipinski definition) is 1. The topological polar surface area (TPSA) is 64.3 Å². The lowest BCUT2D eigenvalue weighted by molar-refractivity contribution is -0.138. The van der Waals surface area contributed by atoms with E-state index in [1.54, 1.807) is 34.4 Å². The number of fused-ring (bicyclic) bond motifs is 1. The molecule has 0 fully saturated rings. The van der Waals surface area contributed by atoms with Crippen molar-refractivity contribution < 1.29 is 9.90 Å². The Labute approximate surface area is 130 Å². The van der Waals surface area contributed by atoms with Gasteiger partial charge in [-0.3, -0.25) is 0 Å². The van der Waals surface area contributed by atoms with Crippen molar-refractivity contribution in [1.82, 2.24) is 0 Å². The number of aliphatic carboxylic acids is 1. The second-order valence-electron chi connectivity index (χ2n) is 4.76. The molecule has 0 spiro atoms. The normalized spacial score (nSPS) is 17.1. The van der Waals surface area contributed by atoms with Crippen LogP contribution in [0.25, 0.3) is 0 Å². The molecule has 1 atom stereocenters. The van der Waals surface area contributed by atoms with E-state index < -0.39 is 12.0 Å². The average molecular weight is 319 g/mol. The summed E-state index contributed by atoms with van der Waals surface area (Å²) in [6.07, 6.45) is 0.772. The zero-order chi connectivity index (χ0) is 15.0. The Kier molecular flexibility index (Phi) is 3.58. The lowest BCUT2D eigenvalue weighted by atomic mass is 9.98. The van der Waals surface area contributed by atoms with E-state index in [2.05, 4.69) is 6.07 Å². The largest absolute Gasteiger partial charge is 0.479 e. The number of rotatable bonds is 2. The van der Waals surface area contributed by atoms with Crippen LogP contribution in [-0.2, 0) is 11.2 Å². The molecule has 0 saturated heterocycles. The van der Waals surface area contributed by atoms with Crippen molar-refractivity contribution in [2.45, 2.75) is 12.5 Å². The number of benzene rings is 1. The Balaban J connectivity index is 2.13. The van der Waals surface area contributed by atoms with E-state index in [-0.39, 0.29) is 0 Å². The van der Waals surface area contributed by atoms with Crippen molar-refractivity contribution in [1.29, 1.82) is 5.26 Å². The van der Waals surface area contributed by atoms with Gasteiger partial charge in [0.1, 0.15) is 6.07 Å². The third-order valence-electron chi connectivity index (χ3n) is 3.59. The first-order chi connectivity index (χ1) is 10.1. The molecular weight excluding hydrogens is 308 g/mol. The molecule has 0 amide bonds. The van der Waals surface area contributed by atoms with Gasteiger partial charge in [0.25, 0.3) is 0 Å². The molecule has 2 aromatic rings. The van der Waals surface area contributed by atoms with Crippen LogP contribution in [0.3, 0.4) is 0 Å². The standard InChI is InChI=1S/C15H11ClN2O2S/c16-10-2-1-9(8-17)12(7-10)18-5-3-13-11(4-6-21-13)14(18)15(19)20/h1-2,4,6-7,14H,3,5H2,(H,19,20). The fourth-order valence-electron chi connectivity index (χ4n) is 2.68. The molecule has 0 saturated carbocycles. The number of carboxylic acids is 1. The zero-order valence-electron chi connectivity index (χ0n) is 10.9. The van der Waals surface area contributed by atoms with E-state index >= 15 is 0 Å². The van der Waals surface area contributed by atoms with E-state index in [1.165, 1.54) is 0 Å². The van der Waals surface area contributed by atoms with Crippen molar-refractivity contribution >= 4 is 34.6 Å². The van der Waals surface area contributed by atoms with Crippen LogP contribution in [0.5, 0.6) is 0 Å². The monoisotopic (exact) mass is 318 g/mol. The fourth-order valence-corrected chi connectivity index (χ4v) is 3.75. The number of nitriles is 1. The molecule has 1 aliphatic rings. The molecule has 106 valence electrons. The van der Waals surface area contributed by atoms with Gasteiger partial charge in [0.15, 0.2) is 6.04 Å². The third kappa shape index (κ3) is 2.37. The molecule has 1 unspecified atom stereocenters. The molecule has 1 N–H and O–H groups in total. The van der Waals surface area contributed by atoms with E-state index in [0.29, 0.717) is 22.8 Å². The van der Waals surface area contributed by atoms with Crippen LogP contribution in [0.4, 0.5) is 5.69 Å². The highest BCUT2D eigenvalue weighted by molar-refractivity contribution is 7.10. The van der Waals surface area contributed by atoms with Crippen LogP contribution >= 0.6 is 22.9 Å². The molecule has 2 heterocycles. The Bertz CT molecular complexity index is 750. The van der Waals surface area contributed by atoms with Gasteiger partial charge in [0.05, 0.1) is 11.3 Å². The minimum atomic E-state index is -0.918. The predicted octanol–water partition coefficient (Wildman–Crippen LogP) is 3.46. The minimum Gasteiger partial charge on any atom is -0.479 e. The van der Waals surface area contributed by atoms with Crippen LogP contribution in [0.2, 0.25) is 5.02 Å². The number of carbonyl (C=O) groups is 1. The maximum absolute atomic E-state index is 11.7. The molecule has 21 heavy (non-hydrogen) atoms. The molecular formula is C15H11ClN2O2S. The first-order valence-electron chi connectivity index (χ1n) is 6.37. The summed E-state index contributed by atoms with van der Waals surface area (Å²) < 4.78 is 0. The number of thiophene rings is 1. The number of hydrogen-bond acceptors (Lipinski definition) is 4. The van der Waals surface area contributed by atoms with Gasteiger partial charge >= 0.3 is 5.97 Å². The smallest absolute Gasteiger partial charge is 0.331 e. The fraction of sp³-hybridized carbons (Fsp3) is 0.200. The van der Waals surface area contributed by atoms with E-state index in [0.717, 1.165) is 16.9 Å². The predicted molar refractivity (Wildman–Crippen MR) is 81.9 cm³/mol. The average Bonchev–Trinajstić information content (AvgIpc) is 2.94. The second kappa shape index (κ2) is 5.40. The lowest BCUT2D eigenvalue weighted by Gasteiger charge is -2.35. The molecule has 0 radical (unpaired) electrons. The summed E-state index contributed by atoms with van der Waals surface area (Å²) in [7, 11) is 0. The lowest BCUT2D eigenvalue weighted by Crippen LogP contribution is -2.39. The molecule has 1 aromatic heterocycles. The number of halogens is 1. The van der Waals surface area contributed by atoms with Crippen molar-refractivity contribution in [3.63, 3.8) is 0 Å². The molecule has 0 aliphatic carbocycles. The van der Waals surface area contributed by atoms with Gasteiger partial charge in [-0.2, -0.15) is 5.26 Å². The molecule has 3 rings (SSSR count). The Hall–Kier alpha value is -2.03. The summed E-state index contributed by atoms with van der Waals surface area (Å²) >= 11 is 7.59. The number of anilines is 1. The van der Waals surface area contributed by atoms with Crippen LogP contribution in [-0.4, -0.2) is 17.6 Å². The quantitative estimate of drug-likeness (QED) is 0.921. The van der Waals surface area contributed by atoms with E-state index in [9.17, 15) is 15.2 Å². The van der Waals surface area contributed by atoms with Crippen molar-refractivity contribution in [2.75, 3.05) is 11.4 Å². The number of nitrogens with zero attached hydrogens (tertiary/aromatic N) is 2. The summed E-state index contributed by atoms with van der Waals surface area (Å²) in [6, 6.07) is 8.11. The second-order valence-corrected chi connectivity index (χ2v) is 6.19. The Morgan fingerprint density at radius 3 is 3.00 bits per heavy atom. The van der Waals surface area contributed by atoms with Crippen LogP contribution in [0.15, 0.2) is 29.6 Å². The van der Waals surface area contributed by atoms with E-state index in [4.69, 9.17) is 11.6 Å². The maximum atomic E-state index is 11.7. The summed E-state index contributed by atoms with van der Waals surface area (Å²) in [5, 5.41) is 21.3. The highest BCUT2D eigenvalue weighted by Gasteiger charge is 2.34. The van der Waals surface area contributed by atoms with Crippen molar-refractivity contribution in [3.05, 3.63) is 50.7 Å². The minimum absolute atomic E-state index is 0.435. The molecule has 6 heteroatoms. The van der Waals surface area contributed by atoms with Crippen molar-refractivity contribution in [3.8, 4) is 6.07 Å². The van der Waals surface area contributed by atoms with Gasteiger partial charge in [-0.05, 0) is 41.6 Å². The van der Waals surface area contributed by atoms with Gasteiger partial charge in [-0.15, -0.1) is 11.3 Å². The van der Waals surface area contributed by atoms with Gasteiger partial charge < -0.3 is 10.0 Å². The third-order valence-corrected chi connectivity index (χ3v) is 4.82. The SMILES string of the molecule is N#Cc1ccc(Cl)cc1N1CCc2sccc2C1C(=O)O. The molecule has 1 aliphatic heterocycles. The maximum Gasteiger partial charge on any atom is 0.331 e.